The third-order valence-corrected chi connectivity index (χ3v) is 3.51. The molecule has 0 aliphatic heterocycles. The van der Waals surface area contributed by atoms with Gasteiger partial charge in [0.2, 0.25) is 0 Å². The number of rotatable bonds is 4. The van der Waals surface area contributed by atoms with Crippen LogP contribution >= 0.6 is 11.8 Å². The van der Waals surface area contributed by atoms with Gasteiger partial charge in [0.1, 0.15) is 0 Å². The van der Waals surface area contributed by atoms with Crippen molar-refractivity contribution in [3.63, 3.8) is 0 Å². The van der Waals surface area contributed by atoms with Crippen LogP contribution in [0, 0.1) is 0 Å². The molecule has 1 nitrogen and oxygen atoms in total. The summed E-state index contributed by atoms with van der Waals surface area (Å²) in [5, 5.41) is 10.1. The highest BCUT2D eigenvalue weighted by Crippen LogP contribution is 2.27. The maximum Gasteiger partial charge on any atom is 0.0762 e. The van der Waals surface area contributed by atoms with Gasteiger partial charge in [0, 0.05) is 10.1 Å². The minimum atomic E-state index is -0.368. The molecule has 0 saturated carbocycles. The summed E-state index contributed by atoms with van der Waals surface area (Å²) >= 11 is 1.86. The van der Waals surface area contributed by atoms with E-state index in [0.29, 0.717) is 5.25 Å². The fraction of sp³-hybridized carbons (Fsp3) is 0.500. The van der Waals surface area contributed by atoms with Gasteiger partial charge in [-0.1, -0.05) is 26.0 Å². The molecule has 0 aromatic heterocycles. The summed E-state index contributed by atoms with van der Waals surface area (Å²) < 4.78 is 0. The zero-order valence-corrected chi connectivity index (χ0v) is 9.84. The number of benzene rings is 1. The lowest BCUT2D eigenvalue weighted by Crippen LogP contribution is -1.94. The van der Waals surface area contributed by atoms with Gasteiger partial charge in [-0.15, -0.1) is 11.8 Å². The Balaban J connectivity index is 2.73. The second kappa shape index (κ2) is 5.42. The van der Waals surface area contributed by atoms with E-state index in [2.05, 4.69) is 26.0 Å². The van der Waals surface area contributed by atoms with Crippen LogP contribution in [0.3, 0.4) is 0 Å². The number of thioether (sulfide) groups is 1. The Morgan fingerprint density at radius 3 is 2.64 bits per heavy atom. The van der Waals surface area contributed by atoms with Crippen molar-refractivity contribution in [1.82, 2.24) is 0 Å². The number of aliphatic hydroxyl groups is 1. The van der Waals surface area contributed by atoms with Gasteiger partial charge in [-0.05, 0) is 31.0 Å². The molecule has 1 N–H and O–H groups in total. The third-order valence-electron chi connectivity index (χ3n) is 2.25. The fourth-order valence-corrected chi connectivity index (χ4v) is 2.16. The molecule has 2 heteroatoms. The Bertz CT molecular complexity index is 283. The highest BCUT2D eigenvalue weighted by molar-refractivity contribution is 7.99. The van der Waals surface area contributed by atoms with E-state index in [-0.39, 0.29) is 6.10 Å². The molecule has 0 amide bonds. The summed E-state index contributed by atoms with van der Waals surface area (Å²) in [7, 11) is 0. The van der Waals surface area contributed by atoms with E-state index >= 15 is 0 Å². The average molecular weight is 210 g/mol. The third kappa shape index (κ3) is 3.35. The van der Waals surface area contributed by atoms with E-state index in [4.69, 9.17) is 0 Å². The Hall–Kier alpha value is -0.470. The van der Waals surface area contributed by atoms with Gasteiger partial charge in [-0.25, -0.2) is 0 Å². The monoisotopic (exact) mass is 210 g/mol. The molecule has 0 bridgehead atoms. The quantitative estimate of drug-likeness (QED) is 0.766. The molecule has 14 heavy (non-hydrogen) atoms. The lowest BCUT2D eigenvalue weighted by molar-refractivity contribution is 0.199. The van der Waals surface area contributed by atoms with E-state index in [1.54, 1.807) is 6.92 Å². The van der Waals surface area contributed by atoms with Gasteiger partial charge < -0.3 is 5.11 Å². The van der Waals surface area contributed by atoms with Gasteiger partial charge in [-0.2, -0.15) is 0 Å². The van der Waals surface area contributed by atoms with Gasteiger partial charge in [0.25, 0.3) is 0 Å². The average Bonchev–Trinajstić information content (AvgIpc) is 2.18. The van der Waals surface area contributed by atoms with Crippen molar-refractivity contribution in [2.45, 2.75) is 43.4 Å². The van der Waals surface area contributed by atoms with Crippen molar-refractivity contribution >= 4 is 11.8 Å². The van der Waals surface area contributed by atoms with Crippen LogP contribution in [0.4, 0.5) is 0 Å². The molecule has 0 fully saturated rings. The zero-order chi connectivity index (χ0) is 10.6. The van der Waals surface area contributed by atoms with Crippen molar-refractivity contribution in [2.24, 2.45) is 0 Å². The van der Waals surface area contributed by atoms with Crippen LogP contribution in [0.15, 0.2) is 29.2 Å². The standard InChI is InChI=1S/C12H18OS/c1-4-9(2)14-12-7-5-6-11(8-12)10(3)13/h5-10,13H,4H2,1-3H3. The maximum atomic E-state index is 9.43. The molecular formula is C12H18OS. The normalized spacial score (nSPS) is 15.1. The van der Waals surface area contributed by atoms with Crippen molar-refractivity contribution in [3.05, 3.63) is 29.8 Å². The maximum absolute atomic E-state index is 9.43. The first kappa shape index (κ1) is 11.6. The SMILES string of the molecule is CCC(C)Sc1cccc(C(C)O)c1. The van der Waals surface area contributed by atoms with Gasteiger partial charge in [0.15, 0.2) is 0 Å². The second-order valence-corrected chi connectivity index (χ2v) is 5.10. The predicted octanol–water partition coefficient (Wildman–Crippen LogP) is 3.63. The van der Waals surface area contributed by atoms with Crippen LogP contribution in [0.2, 0.25) is 0 Å². The van der Waals surface area contributed by atoms with Crippen LogP contribution in [0.25, 0.3) is 0 Å². The smallest absolute Gasteiger partial charge is 0.0762 e. The van der Waals surface area contributed by atoms with E-state index in [1.807, 2.05) is 23.9 Å². The largest absolute Gasteiger partial charge is 0.389 e. The summed E-state index contributed by atoms with van der Waals surface area (Å²) in [4.78, 5) is 1.25. The molecule has 0 aliphatic rings. The molecule has 0 radical (unpaired) electrons. The molecule has 0 aliphatic carbocycles. The molecule has 0 heterocycles. The summed E-state index contributed by atoms with van der Waals surface area (Å²) in [6.45, 7) is 6.21. The van der Waals surface area contributed by atoms with E-state index in [9.17, 15) is 5.11 Å². The summed E-state index contributed by atoms with van der Waals surface area (Å²) in [5.74, 6) is 0. The van der Waals surface area contributed by atoms with Crippen LogP contribution in [0.1, 0.15) is 38.9 Å². The summed E-state index contributed by atoms with van der Waals surface area (Å²) in [5.41, 5.74) is 0.998. The molecular weight excluding hydrogens is 192 g/mol. The fourth-order valence-electron chi connectivity index (χ4n) is 1.16. The zero-order valence-electron chi connectivity index (χ0n) is 9.03. The van der Waals surface area contributed by atoms with Crippen LogP contribution in [0.5, 0.6) is 0 Å². The molecule has 1 aromatic rings. The first-order valence-corrected chi connectivity index (χ1v) is 5.96. The van der Waals surface area contributed by atoms with Gasteiger partial charge in [0.05, 0.1) is 6.10 Å². The Morgan fingerprint density at radius 1 is 1.36 bits per heavy atom. The lowest BCUT2D eigenvalue weighted by Gasteiger charge is -2.10. The molecule has 2 atom stereocenters. The van der Waals surface area contributed by atoms with Crippen molar-refractivity contribution in [2.75, 3.05) is 0 Å². The van der Waals surface area contributed by atoms with Crippen molar-refractivity contribution in [1.29, 1.82) is 0 Å². The van der Waals surface area contributed by atoms with E-state index < -0.39 is 0 Å². The molecule has 0 saturated heterocycles. The topological polar surface area (TPSA) is 20.2 Å². The van der Waals surface area contributed by atoms with Crippen molar-refractivity contribution in [3.8, 4) is 0 Å². The Morgan fingerprint density at radius 2 is 2.07 bits per heavy atom. The summed E-state index contributed by atoms with van der Waals surface area (Å²) in [6, 6.07) is 8.14. The van der Waals surface area contributed by atoms with Crippen LogP contribution in [-0.2, 0) is 0 Å². The first-order valence-electron chi connectivity index (χ1n) is 5.08. The molecule has 2 unspecified atom stereocenters. The second-order valence-electron chi connectivity index (χ2n) is 3.59. The number of hydrogen-bond donors (Lipinski definition) is 1. The van der Waals surface area contributed by atoms with Gasteiger partial charge in [-0.3, -0.25) is 0 Å². The van der Waals surface area contributed by atoms with Gasteiger partial charge >= 0.3 is 0 Å². The highest BCUT2D eigenvalue weighted by atomic mass is 32.2. The summed E-state index contributed by atoms with van der Waals surface area (Å²) in [6.07, 6.45) is 0.802. The highest BCUT2D eigenvalue weighted by Gasteiger charge is 2.04. The predicted molar refractivity (Wildman–Crippen MR) is 62.7 cm³/mol. The minimum absolute atomic E-state index is 0.368. The minimum Gasteiger partial charge on any atom is -0.389 e. The van der Waals surface area contributed by atoms with Crippen LogP contribution < -0.4 is 0 Å². The molecule has 0 spiro atoms. The Kier molecular flexibility index (Phi) is 4.49. The van der Waals surface area contributed by atoms with Crippen molar-refractivity contribution < 1.29 is 5.11 Å². The molecule has 1 aromatic carbocycles. The molecule has 1 rings (SSSR count). The number of hydrogen-bond acceptors (Lipinski definition) is 2. The van der Waals surface area contributed by atoms with E-state index in [1.165, 1.54) is 11.3 Å². The van der Waals surface area contributed by atoms with Crippen LogP contribution in [-0.4, -0.2) is 10.4 Å². The first-order chi connectivity index (χ1) is 6.63. The van der Waals surface area contributed by atoms with E-state index in [0.717, 1.165) is 5.56 Å². The lowest BCUT2D eigenvalue weighted by atomic mass is 10.1. The Labute approximate surface area is 90.5 Å². The number of aliphatic hydroxyl groups excluding tert-OH is 1. The molecule has 78 valence electrons.